The van der Waals surface area contributed by atoms with E-state index in [9.17, 15) is 0 Å². The van der Waals surface area contributed by atoms with Gasteiger partial charge in [-0.1, -0.05) is 81.4 Å². The summed E-state index contributed by atoms with van der Waals surface area (Å²) in [5, 5.41) is 3.51. The quantitative estimate of drug-likeness (QED) is 0.437. The van der Waals surface area contributed by atoms with Gasteiger partial charge >= 0.3 is 0 Å². The van der Waals surface area contributed by atoms with Gasteiger partial charge in [-0.05, 0) is 60.1 Å². The fourth-order valence-corrected chi connectivity index (χ4v) is 4.34. The first-order valence-electron chi connectivity index (χ1n) is 11.1. The lowest BCUT2D eigenvalue weighted by molar-refractivity contribution is 0.817. The number of pyridine rings is 1. The Bertz CT molecular complexity index is 1010. The average Bonchev–Trinajstić information content (AvgIpc) is 3.58. The summed E-state index contributed by atoms with van der Waals surface area (Å²) >= 11 is 0. The molecule has 1 aliphatic carbocycles. The number of nitrogens with zero attached hydrogens (tertiary/aromatic N) is 1. The Balaban J connectivity index is 1.48. The molecule has 2 aromatic carbocycles. The van der Waals surface area contributed by atoms with Crippen LogP contribution in [0.1, 0.15) is 66.8 Å². The zero-order chi connectivity index (χ0) is 21.1. The molecule has 0 amide bonds. The summed E-state index contributed by atoms with van der Waals surface area (Å²) in [6.07, 6.45) is 6.59. The average molecular weight is 397 g/mol. The van der Waals surface area contributed by atoms with Crippen LogP contribution in [-0.2, 0) is 11.8 Å². The van der Waals surface area contributed by atoms with Crippen LogP contribution >= 0.6 is 0 Å². The zero-order valence-electron chi connectivity index (χ0n) is 18.4. The fraction of sp³-hybridized carbons (Fsp3) is 0.321. The second-order valence-electron chi connectivity index (χ2n) is 8.69. The van der Waals surface area contributed by atoms with E-state index in [4.69, 9.17) is 0 Å². The minimum atomic E-state index is 0.0495. The molecular weight excluding hydrogens is 364 g/mol. The van der Waals surface area contributed by atoms with Gasteiger partial charge in [0.15, 0.2) is 0 Å². The van der Waals surface area contributed by atoms with Gasteiger partial charge in [-0.2, -0.15) is 0 Å². The second kappa shape index (κ2) is 8.47. The molecule has 1 unspecified atom stereocenters. The van der Waals surface area contributed by atoms with Crippen molar-refractivity contribution in [2.75, 3.05) is 5.32 Å². The van der Waals surface area contributed by atoms with Crippen LogP contribution in [0.5, 0.6) is 0 Å². The summed E-state index contributed by atoms with van der Waals surface area (Å²) in [5.74, 6) is 1.20. The van der Waals surface area contributed by atoms with Crippen molar-refractivity contribution in [3.63, 3.8) is 0 Å². The highest BCUT2D eigenvalue weighted by Crippen LogP contribution is 2.53. The third-order valence-corrected chi connectivity index (χ3v) is 6.61. The SMILES string of the molecule is C=C(Nc1ccc(C(C)c2ccccc2)cn1)C1(c2ccc(C)c(CCC)c2)CC1. The molecule has 0 spiro atoms. The second-order valence-corrected chi connectivity index (χ2v) is 8.69. The van der Waals surface area contributed by atoms with Crippen LogP contribution < -0.4 is 5.32 Å². The number of anilines is 1. The van der Waals surface area contributed by atoms with E-state index in [0.29, 0.717) is 5.92 Å². The highest BCUT2D eigenvalue weighted by molar-refractivity contribution is 5.53. The van der Waals surface area contributed by atoms with Crippen molar-refractivity contribution < 1.29 is 0 Å². The molecule has 4 rings (SSSR count). The van der Waals surface area contributed by atoms with E-state index in [1.165, 1.54) is 34.2 Å². The maximum Gasteiger partial charge on any atom is 0.130 e. The predicted molar refractivity (Wildman–Crippen MR) is 127 cm³/mol. The number of hydrogen-bond acceptors (Lipinski definition) is 2. The van der Waals surface area contributed by atoms with Crippen LogP contribution in [0.4, 0.5) is 5.82 Å². The van der Waals surface area contributed by atoms with Crippen molar-refractivity contribution in [2.45, 2.75) is 57.8 Å². The standard InChI is InChI=1S/C28H32N2/c1-5-9-24-18-26(14-12-20(24)2)28(16-17-28)22(4)30-27-15-13-25(19-29-27)21(3)23-10-7-6-8-11-23/h6-8,10-15,18-19,21H,4-5,9,16-17H2,1-3H3,(H,29,30). The molecule has 0 bridgehead atoms. The molecule has 0 radical (unpaired) electrons. The number of aromatic nitrogens is 1. The van der Waals surface area contributed by atoms with Crippen LogP contribution in [0.2, 0.25) is 0 Å². The molecule has 1 heterocycles. The Hall–Kier alpha value is -2.87. The van der Waals surface area contributed by atoms with Crippen LogP contribution in [-0.4, -0.2) is 4.98 Å². The first-order valence-corrected chi connectivity index (χ1v) is 11.1. The summed E-state index contributed by atoms with van der Waals surface area (Å²) in [5.41, 5.74) is 7.89. The third kappa shape index (κ3) is 4.05. The first kappa shape index (κ1) is 20.4. The Morgan fingerprint density at radius 3 is 2.47 bits per heavy atom. The molecule has 3 aromatic rings. The molecule has 30 heavy (non-hydrogen) atoms. The molecular formula is C28H32N2. The lowest BCUT2D eigenvalue weighted by Gasteiger charge is -2.22. The minimum Gasteiger partial charge on any atom is -0.343 e. The van der Waals surface area contributed by atoms with Gasteiger partial charge in [0.25, 0.3) is 0 Å². The molecule has 2 heteroatoms. The lowest BCUT2D eigenvalue weighted by Crippen LogP contribution is -2.17. The molecule has 2 nitrogen and oxygen atoms in total. The summed E-state index contributed by atoms with van der Waals surface area (Å²) in [4.78, 5) is 4.69. The van der Waals surface area contributed by atoms with Gasteiger partial charge in [-0.25, -0.2) is 4.98 Å². The molecule has 1 fully saturated rings. The molecule has 1 aliphatic rings. The Morgan fingerprint density at radius 1 is 1.07 bits per heavy atom. The van der Waals surface area contributed by atoms with Gasteiger partial charge in [0.1, 0.15) is 5.82 Å². The van der Waals surface area contributed by atoms with Crippen LogP contribution in [0.15, 0.2) is 79.1 Å². The Morgan fingerprint density at radius 2 is 1.83 bits per heavy atom. The number of allylic oxidation sites excluding steroid dienone is 1. The van der Waals surface area contributed by atoms with Crippen molar-refractivity contribution in [1.29, 1.82) is 0 Å². The van der Waals surface area contributed by atoms with E-state index in [-0.39, 0.29) is 5.41 Å². The van der Waals surface area contributed by atoms with E-state index < -0.39 is 0 Å². The van der Waals surface area contributed by atoms with Gasteiger partial charge in [0, 0.05) is 23.2 Å². The van der Waals surface area contributed by atoms with E-state index in [1.807, 2.05) is 6.20 Å². The molecule has 1 N–H and O–H groups in total. The first-order chi connectivity index (χ1) is 14.5. The number of nitrogens with one attached hydrogen (secondary N) is 1. The predicted octanol–water partition coefficient (Wildman–Crippen LogP) is 7.15. The topological polar surface area (TPSA) is 24.9 Å². The van der Waals surface area contributed by atoms with E-state index in [2.05, 4.69) is 98.3 Å². The molecule has 1 atom stereocenters. The van der Waals surface area contributed by atoms with Gasteiger partial charge in [0.2, 0.25) is 0 Å². The number of benzene rings is 2. The van der Waals surface area contributed by atoms with Crippen molar-refractivity contribution >= 4 is 5.82 Å². The highest BCUT2D eigenvalue weighted by atomic mass is 15.0. The minimum absolute atomic E-state index is 0.0495. The number of hydrogen-bond donors (Lipinski definition) is 1. The smallest absolute Gasteiger partial charge is 0.130 e. The Labute approximate surface area is 181 Å². The monoisotopic (exact) mass is 396 g/mol. The number of rotatable bonds is 8. The van der Waals surface area contributed by atoms with Crippen molar-refractivity contribution in [2.24, 2.45) is 0 Å². The van der Waals surface area contributed by atoms with Gasteiger partial charge < -0.3 is 5.32 Å². The third-order valence-electron chi connectivity index (χ3n) is 6.61. The summed E-state index contributed by atoms with van der Waals surface area (Å²) in [7, 11) is 0. The van der Waals surface area contributed by atoms with Crippen molar-refractivity contribution in [1.82, 2.24) is 4.98 Å². The maximum absolute atomic E-state index is 4.69. The maximum atomic E-state index is 4.69. The summed E-state index contributed by atoms with van der Waals surface area (Å²) in [6, 6.07) is 21.8. The van der Waals surface area contributed by atoms with Gasteiger partial charge in [-0.15, -0.1) is 0 Å². The van der Waals surface area contributed by atoms with Gasteiger partial charge in [0.05, 0.1) is 0 Å². The summed E-state index contributed by atoms with van der Waals surface area (Å²) in [6.45, 7) is 11.1. The Kier molecular flexibility index (Phi) is 5.76. The largest absolute Gasteiger partial charge is 0.343 e. The lowest BCUT2D eigenvalue weighted by atomic mass is 9.89. The van der Waals surface area contributed by atoms with E-state index in [0.717, 1.165) is 30.8 Å². The highest BCUT2D eigenvalue weighted by Gasteiger charge is 2.47. The van der Waals surface area contributed by atoms with Gasteiger partial charge in [-0.3, -0.25) is 0 Å². The normalized spacial score (nSPS) is 15.4. The molecule has 1 saturated carbocycles. The van der Waals surface area contributed by atoms with E-state index in [1.54, 1.807) is 0 Å². The fourth-order valence-electron chi connectivity index (χ4n) is 4.34. The molecule has 1 aromatic heterocycles. The molecule has 0 aliphatic heterocycles. The molecule has 0 saturated heterocycles. The van der Waals surface area contributed by atoms with Crippen molar-refractivity contribution in [3.05, 3.63) is 107 Å². The van der Waals surface area contributed by atoms with Crippen molar-refractivity contribution in [3.8, 4) is 0 Å². The van der Waals surface area contributed by atoms with Crippen LogP contribution in [0.3, 0.4) is 0 Å². The molecule has 154 valence electrons. The van der Waals surface area contributed by atoms with Crippen LogP contribution in [0, 0.1) is 6.92 Å². The van der Waals surface area contributed by atoms with E-state index >= 15 is 0 Å². The van der Waals surface area contributed by atoms with Crippen LogP contribution in [0.25, 0.3) is 0 Å². The summed E-state index contributed by atoms with van der Waals surface area (Å²) < 4.78 is 0. The zero-order valence-corrected chi connectivity index (χ0v) is 18.4. The number of aryl methyl sites for hydroxylation is 2.